The van der Waals surface area contributed by atoms with Gasteiger partial charge in [-0.3, -0.25) is 4.79 Å². The SMILES string of the molecule is Cc1cc(N2C(=O)C(C)(C)S2(=O)=O)cc(C(=O)O)c1C. The molecule has 0 radical (unpaired) electrons. The van der Waals surface area contributed by atoms with Crippen LogP contribution in [0.1, 0.15) is 35.3 Å². The molecule has 7 heteroatoms. The van der Waals surface area contributed by atoms with Crippen molar-refractivity contribution < 1.29 is 23.1 Å². The first kappa shape index (κ1) is 14.5. The second-order valence-electron chi connectivity index (χ2n) is 5.33. The lowest BCUT2D eigenvalue weighted by molar-refractivity contribution is -0.120. The molecule has 1 heterocycles. The third-order valence-electron chi connectivity index (χ3n) is 3.70. The number of carboxylic acids is 1. The first-order chi connectivity index (χ1) is 9.01. The molecular weight excluding hydrogens is 282 g/mol. The molecule has 108 valence electrons. The molecule has 1 aromatic carbocycles. The number of benzene rings is 1. The van der Waals surface area contributed by atoms with Crippen molar-refractivity contribution in [3.05, 3.63) is 28.8 Å². The Hall–Kier alpha value is -1.89. The van der Waals surface area contributed by atoms with Gasteiger partial charge in [0.05, 0.1) is 11.3 Å². The fourth-order valence-electron chi connectivity index (χ4n) is 2.09. The molecule has 0 bridgehead atoms. The second-order valence-corrected chi connectivity index (χ2v) is 7.66. The quantitative estimate of drug-likeness (QED) is 0.892. The number of amides is 1. The minimum absolute atomic E-state index is 0.00675. The highest BCUT2D eigenvalue weighted by molar-refractivity contribution is 7.98. The molecule has 0 aromatic heterocycles. The number of carboxylic acid groups (broad SMARTS) is 1. The van der Waals surface area contributed by atoms with Crippen LogP contribution in [0.5, 0.6) is 0 Å². The molecule has 1 N–H and O–H groups in total. The van der Waals surface area contributed by atoms with Crippen LogP contribution < -0.4 is 4.31 Å². The molecule has 20 heavy (non-hydrogen) atoms. The highest BCUT2D eigenvalue weighted by Crippen LogP contribution is 2.40. The zero-order chi connectivity index (χ0) is 15.5. The molecule has 6 nitrogen and oxygen atoms in total. The van der Waals surface area contributed by atoms with Gasteiger partial charge >= 0.3 is 5.97 Å². The summed E-state index contributed by atoms with van der Waals surface area (Å²) in [5, 5.41) is 9.13. The average molecular weight is 297 g/mol. The topological polar surface area (TPSA) is 91.8 Å². The summed E-state index contributed by atoms with van der Waals surface area (Å²) in [5.74, 6) is -1.71. The fraction of sp³-hybridized carbons (Fsp3) is 0.385. The van der Waals surface area contributed by atoms with Crippen molar-refractivity contribution in [2.45, 2.75) is 32.4 Å². The lowest BCUT2D eigenvalue weighted by atomic mass is 10.0. The predicted molar refractivity (Wildman–Crippen MR) is 73.4 cm³/mol. The summed E-state index contributed by atoms with van der Waals surface area (Å²) in [5.41, 5.74) is 1.24. The molecule has 0 unspecified atom stereocenters. The maximum Gasteiger partial charge on any atom is 0.336 e. The number of hydrogen-bond donors (Lipinski definition) is 1. The second kappa shape index (κ2) is 4.05. The molecular formula is C13H15NO5S. The summed E-state index contributed by atoms with van der Waals surface area (Å²) in [7, 11) is -3.78. The van der Waals surface area contributed by atoms with Crippen molar-refractivity contribution >= 4 is 27.6 Å². The minimum Gasteiger partial charge on any atom is -0.478 e. The van der Waals surface area contributed by atoms with Crippen LogP contribution in [0.2, 0.25) is 0 Å². The molecule has 0 saturated carbocycles. The number of rotatable bonds is 2. The van der Waals surface area contributed by atoms with Crippen LogP contribution in [0.15, 0.2) is 12.1 Å². The smallest absolute Gasteiger partial charge is 0.336 e. The first-order valence-electron chi connectivity index (χ1n) is 5.95. The van der Waals surface area contributed by atoms with Gasteiger partial charge in [0.15, 0.2) is 4.75 Å². The zero-order valence-electron chi connectivity index (χ0n) is 11.6. The van der Waals surface area contributed by atoms with E-state index in [4.69, 9.17) is 5.11 Å². The number of aromatic carboxylic acids is 1. The summed E-state index contributed by atoms with van der Waals surface area (Å²) in [6.45, 7) is 5.98. The number of hydrogen-bond acceptors (Lipinski definition) is 4. The van der Waals surface area contributed by atoms with E-state index in [1.165, 1.54) is 26.0 Å². The van der Waals surface area contributed by atoms with Crippen molar-refractivity contribution in [2.75, 3.05) is 4.31 Å². The van der Waals surface area contributed by atoms with E-state index in [9.17, 15) is 18.0 Å². The monoisotopic (exact) mass is 297 g/mol. The normalized spacial score (nSPS) is 19.6. The molecule has 1 fully saturated rings. The third kappa shape index (κ3) is 1.66. The lowest BCUT2D eigenvalue weighted by Crippen LogP contribution is -2.67. The van der Waals surface area contributed by atoms with Crippen molar-refractivity contribution in [1.82, 2.24) is 0 Å². The van der Waals surface area contributed by atoms with Crippen LogP contribution in [0, 0.1) is 13.8 Å². The van der Waals surface area contributed by atoms with Crippen LogP contribution in [-0.2, 0) is 14.8 Å². The van der Waals surface area contributed by atoms with Crippen molar-refractivity contribution in [2.24, 2.45) is 0 Å². The Labute approximate surface area is 117 Å². The summed E-state index contributed by atoms with van der Waals surface area (Å²) in [6.07, 6.45) is 0. The van der Waals surface area contributed by atoms with E-state index in [0.717, 1.165) is 0 Å². The van der Waals surface area contributed by atoms with E-state index < -0.39 is 26.6 Å². The molecule has 1 aromatic rings. The summed E-state index contributed by atoms with van der Waals surface area (Å²) < 4.78 is 23.4. The van der Waals surface area contributed by atoms with Gasteiger partial charge in [0.25, 0.3) is 15.9 Å². The number of nitrogens with zero attached hydrogens (tertiary/aromatic N) is 1. The van der Waals surface area contributed by atoms with Crippen molar-refractivity contribution in [3.8, 4) is 0 Å². The molecule has 1 aliphatic rings. The molecule has 1 aliphatic heterocycles. The predicted octanol–water partition coefficient (Wildman–Crippen LogP) is 1.46. The lowest BCUT2D eigenvalue weighted by Gasteiger charge is -2.43. The van der Waals surface area contributed by atoms with Gasteiger partial charge in [0.1, 0.15) is 0 Å². The number of aryl methyl sites for hydroxylation is 1. The van der Waals surface area contributed by atoms with E-state index in [1.54, 1.807) is 13.8 Å². The van der Waals surface area contributed by atoms with Gasteiger partial charge in [-0.25, -0.2) is 17.5 Å². The minimum atomic E-state index is -3.78. The Morgan fingerprint density at radius 3 is 2.25 bits per heavy atom. The number of sulfonamides is 1. The van der Waals surface area contributed by atoms with Crippen LogP contribution in [0.25, 0.3) is 0 Å². The number of carbonyl (C=O) groups excluding carboxylic acids is 1. The van der Waals surface area contributed by atoms with Gasteiger partial charge in [-0.2, -0.15) is 0 Å². The maximum atomic E-state index is 12.1. The highest BCUT2D eigenvalue weighted by atomic mass is 32.2. The Kier molecular flexibility index (Phi) is 2.94. The van der Waals surface area contributed by atoms with Crippen LogP contribution in [0.4, 0.5) is 5.69 Å². The summed E-state index contributed by atoms with van der Waals surface area (Å²) >= 11 is 0. The molecule has 1 amide bonds. The maximum absolute atomic E-state index is 12.1. The Bertz CT molecular complexity index is 733. The summed E-state index contributed by atoms with van der Waals surface area (Å²) in [6, 6.07) is 2.72. The Balaban J connectivity index is 2.62. The molecule has 0 spiro atoms. The first-order valence-corrected chi connectivity index (χ1v) is 7.39. The largest absolute Gasteiger partial charge is 0.478 e. The van der Waals surface area contributed by atoms with Crippen molar-refractivity contribution in [1.29, 1.82) is 0 Å². The molecule has 0 atom stereocenters. The van der Waals surface area contributed by atoms with E-state index in [1.807, 2.05) is 0 Å². The van der Waals surface area contributed by atoms with E-state index in [2.05, 4.69) is 0 Å². The van der Waals surface area contributed by atoms with Gasteiger partial charge in [-0.1, -0.05) is 0 Å². The fourth-order valence-corrected chi connectivity index (χ4v) is 3.55. The average Bonchev–Trinajstić information content (AvgIpc) is 2.32. The van der Waals surface area contributed by atoms with Gasteiger partial charge in [0, 0.05) is 0 Å². The van der Waals surface area contributed by atoms with E-state index >= 15 is 0 Å². The molecule has 2 rings (SSSR count). The zero-order valence-corrected chi connectivity index (χ0v) is 12.4. The van der Waals surface area contributed by atoms with Crippen LogP contribution >= 0.6 is 0 Å². The van der Waals surface area contributed by atoms with Gasteiger partial charge in [0.2, 0.25) is 0 Å². The van der Waals surface area contributed by atoms with E-state index in [0.29, 0.717) is 15.4 Å². The number of carbonyl (C=O) groups is 2. The standard InChI is InChI=1S/C13H15NO5S/c1-7-5-9(6-10(8(7)2)11(15)16)14-12(17)13(3,4)20(14,18)19/h5-6H,1-4H3,(H,15,16). The highest BCUT2D eigenvalue weighted by Gasteiger charge is 2.60. The van der Waals surface area contributed by atoms with Crippen LogP contribution in [0.3, 0.4) is 0 Å². The Morgan fingerprint density at radius 2 is 1.80 bits per heavy atom. The molecule has 0 aliphatic carbocycles. The third-order valence-corrected chi connectivity index (χ3v) is 6.02. The summed E-state index contributed by atoms with van der Waals surface area (Å²) in [4.78, 5) is 23.1. The van der Waals surface area contributed by atoms with Gasteiger partial charge < -0.3 is 5.11 Å². The van der Waals surface area contributed by atoms with Crippen molar-refractivity contribution in [3.63, 3.8) is 0 Å². The van der Waals surface area contributed by atoms with Gasteiger partial charge in [-0.05, 0) is 51.0 Å². The van der Waals surface area contributed by atoms with E-state index in [-0.39, 0.29) is 11.3 Å². The van der Waals surface area contributed by atoms with Gasteiger partial charge in [-0.15, -0.1) is 0 Å². The Morgan fingerprint density at radius 1 is 1.25 bits per heavy atom. The number of anilines is 1. The van der Waals surface area contributed by atoms with Crippen LogP contribution in [-0.4, -0.2) is 30.1 Å². The molecule has 1 saturated heterocycles.